The maximum absolute atomic E-state index is 12.4. The molecule has 0 aliphatic carbocycles. The van der Waals surface area contributed by atoms with Crippen molar-refractivity contribution in [3.8, 4) is 0 Å². The molecule has 20 heavy (non-hydrogen) atoms. The molecule has 0 atom stereocenters. The van der Waals surface area contributed by atoms with Crippen LogP contribution in [-0.4, -0.2) is 49.3 Å². The molecule has 0 radical (unpaired) electrons. The van der Waals surface area contributed by atoms with Gasteiger partial charge in [-0.1, -0.05) is 12.1 Å². The normalized spacial score (nSPS) is 11.7. The fraction of sp³-hybridized carbons (Fsp3) is 0.462. The summed E-state index contributed by atoms with van der Waals surface area (Å²) in [7, 11) is 3.71. The predicted molar refractivity (Wildman–Crippen MR) is 69.7 cm³/mol. The summed E-state index contributed by atoms with van der Waals surface area (Å²) >= 11 is 0. The van der Waals surface area contributed by atoms with Gasteiger partial charge in [0.2, 0.25) is 0 Å². The molecule has 1 aromatic carbocycles. The van der Waals surface area contributed by atoms with Gasteiger partial charge >= 0.3 is 12.1 Å². The summed E-state index contributed by atoms with van der Waals surface area (Å²) in [5.74, 6) is -1.28. The molecule has 0 aliphatic heterocycles. The minimum absolute atomic E-state index is 0.0560. The van der Waals surface area contributed by atoms with Crippen molar-refractivity contribution in [3.63, 3.8) is 0 Å². The van der Waals surface area contributed by atoms with Gasteiger partial charge in [-0.05, 0) is 17.7 Å². The van der Waals surface area contributed by atoms with Gasteiger partial charge in [0, 0.05) is 26.3 Å². The summed E-state index contributed by atoms with van der Waals surface area (Å²) in [5.41, 5.74) is 1.57. The molecule has 4 nitrogen and oxygen atoms in total. The minimum Gasteiger partial charge on any atom is -0.480 e. The Morgan fingerprint density at radius 3 is 2.15 bits per heavy atom. The molecule has 0 heterocycles. The average Bonchev–Trinajstić information content (AvgIpc) is 2.26. The summed E-state index contributed by atoms with van der Waals surface area (Å²) < 4.78 is 37.2. The minimum atomic E-state index is -4.42. The van der Waals surface area contributed by atoms with Crippen molar-refractivity contribution in [2.75, 3.05) is 32.1 Å². The van der Waals surface area contributed by atoms with Crippen LogP contribution in [0.15, 0.2) is 24.3 Å². The maximum atomic E-state index is 12.4. The number of rotatable bonds is 6. The highest BCUT2D eigenvalue weighted by molar-refractivity contribution is 5.69. The molecule has 0 spiro atoms. The predicted octanol–water partition coefficient (Wildman–Crippen LogP) is 2.20. The number of halogens is 3. The topological polar surface area (TPSA) is 43.8 Å². The highest BCUT2D eigenvalue weighted by Crippen LogP contribution is 2.19. The molecule has 0 saturated heterocycles. The molecular formula is C13H17F3N2O2. The molecule has 1 aromatic rings. The van der Waals surface area contributed by atoms with Crippen molar-refractivity contribution in [1.82, 2.24) is 4.90 Å². The van der Waals surface area contributed by atoms with Crippen LogP contribution in [0, 0.1) is 0 Å². The first kappa shape index (κ1) is 16.3. The number of aliphatic carboxylic acids is 1. The standard InChI is InChI=1S/C13H17F3N2O2/c1-17(2)11-5-3-10(4-6-11)7-18(8-12(19)20)9-13(14,15)16/h3-6H,7-9H2,1-2H3,(H,19,20). The second kappa shape index (κ2) is 6.60. The molecule has 0 aromatic heterocycles. The van der Waals surface area contributed by atoms with E-state index in [-0.39, 0.29) is 6.54 Å². The van der Waals surface area contributed by atoms with Crippen molar-refractivity contribution in [2.24, 2.45) is 0 Å². The number of carboxylic acid groups (broad SMARTS) is 1. The van der Waals surface area contributed by atoms with Crippen molar-refractivity contribution >= 4 is 11.7 Å². The van der Waals surface area contributed by atoms with Gasteiger partial charge in [0.25, 0.3) is 0 Å². The van der Waals surface area contributed by atoms with Crippen molar-refractivity contribution in [3.05, 3.63) is 29.8 Å². The van der Waals surface area contributed by atoms with E-state index in [0.29, 0.717) is 5.56 Å². The zero-order valence-electron chi connectivity index (χ0n) is 11.3. The third-order valence-electron chi connectivity index (χ3n) is 2.62. The van der Waals surface area contributed by atoms with Crippen LogP contribution in [0.4, 0.5) is 18.9 Å². The Morgan fingerprint density at radius 2 is 1.75 bits per heavy atom. The number of nitrogens with zero attached hydrogens (tertiary/aromatic N) is 2. The second-order valence-electron chi connectivity index (χ2n) is 4.71. The van der Waals surface area contributed by atoms with Gasteiger partial charge in [0.15, 0.2) is 0 Å². The summed E-state index contributed by atoms with van der Waals surface area (Å²) in [5, 5.41) is 8.66. The van der Waals surface area contributed by atoms with Crippen molar-refractivity contribution in [2.45, 2.75) is 12.7 Å². The molecule has 0 bridgehead atoms. The lowest BCUT2D eigenvalue weighted by Crippen LogP contribution is -2.37. The number of hydrogen-bond donors (Lipinski definition) is 1. The van der Waals surface area contributed by atoms with E-state index < -0.39 is 25.2 Å². The molecule has 7 heteroatoms. The van der Waals surface area contributed by atoms with Crippen LogP contribution < -0.4 is 4.90 Å². The van der Waals surface area contributed by atoms with E-state index in [2.05, 4.69) is 0 Å². The number of carbonyl (C=O) groups is 1. The SMILES string of the molecule is CN(C)c1ccc(CN(CC(=O)O)CC(F)(F)F)cc1. The van der Waals surface area contributed by atoms with E-state index in [1.165, 1.54) is 0 Å². The quantitative estimate of drug-likeness (QED) is 0.872. The van der Waals surface area contributed by atoms with Gasteiger partial charge in [-0.25, -0.2) is 0 Å². The van der Waals surface area contributed by atoms with Crippen molar-refractivity contribution in [1.29, 1.82) is 0 Å². The summed E-state index contributed by atoms with van der Waals surface area (Å²) in [4.78, 5) is 13.3. The monoisotopic (exact) mass is 290 g/mol. The molecule has 1 rings (SSSR count). The van der Waals surface area contributed by atoms with Gasteiger partial charge in [-0.3, -0.25) is 9.69 Å². The lowest BCUT2D eigenvalue weighted by Gasteiger charge is -2.22. The third kappa shape index (κ3) is 5.92. The lowest BCUT2D eigenvalue weighted by molar-refractivity contribution is -0.154. The first-order valence-electron chi connectivity index (χ1n) is 5.94. The van der Waals surface area contributed by atoms with Gasteiger partial charge in [0.05, 0.1) is 13.1 Å². The van der Waals surface area contributed by atoms with E-state index in [1.54, 1.807) is 24.3 Å². The third-order valence-corrected chi connectivity index (χ3v) is 2.62. The molecule has 1 N–H and O–H groups in total. The summed E-state index contributed by atoms with van der Waals surface area (Å²) in [6.45, 7) is -1.94. The van der Waals surface area contributed by atoms with E-state index in [0.717, 1.165) is 10.6 Å². The molecule has 112 valence electrons. The van der Waals surface area contributed by atoms with Gasteiger partial charge in [-0.15, -0.1) is 0 Å². The summed E-state index contributed by atoms with van der Waals surface area (Å²) in [6, 6.07) is 6.95. The zero-order valence-corrected chi connectivity index (χ0v) is 11.3. The smallest absolute Gasteiger partial charge is 0.401 e. The van der Waals surface area contributed by atoms with Crippen LogP contribution in [0.2, 0.25) is 0 Å². The second-order valence-corrected chi connectivity index (χ2v) is 4.71. The first-order chi connectivity index (χ1) is 9.17. The van der Waals surface area contributed by atoms with Gasteiger partial charge in [0.1, 0.15) is 0 Å². The number of hydrogen-bond acceptors (Lipinski definition) is 3. The number of anilines is 1. The van der Waals surface area contributed by atoms with Gasteiger partial charge in [-0.2, -0.15) is 13.2 Å². The Kier molecular flexibility index (Phi) is 5.38. The average molecular weight is 290 g/mol. The Labute approximate surface area is 115 Å². The summed E-state index contributed by atoms with van der Waals surface area (Å²) in [6.07, 6.45) is -4.42. The molecule has 0 fully saturated rings. The largest absolute Gasteiger partial charge is 0.480 e. The van der Waals surface area contributed by atoms with Crippen LogP contribution >= 0.6 is 0 Å². The number of benzene rings is 1. The van der Waals surface area contributed by atoms with E-state index in [4.69, 9.17) is 5.11 Å². The maximum Gasteiger partial charge on any atom is 0.401 e. The Hall–Kier alpha value is -1.76. The molecule has 0 saturated carbocycles. The lowest BCUT2D eigenvalue weighted by atomic mass is 10.2. The number of carboxylic acids is 1. The molecule has 0 amide bonds. The van der Waals surface area contributed by atoms with E-state index in [9.17, 15) is 18.0 Å². The highest BCUT2D eigenvalue weighted by Gasteiger charge is 2.31. The van der Waals surface area contributed by atoms with Crippen LogP contribution in [-0.2, 0) is 11.3 Å². The zero-order chi connectivity index (χ0) is 15.3. The highest BCUT2D eigenvalue weighted by atomic mass is 19.4. The van der Waals surface area contributed by atoms with Crippen LogP contribution in [0.3, 0.4) is 0 Å². The Morgan fingerprint density at radius 1 is 1.20 bits per heavy atom. The van der Waals surface area contributed by atoms with Gasteiger partial charge < -0.3 is 10.0 Å². The fourth-order valence-electron chi connectivity index (χ4n) is 1.77. The fourth-order valence-corrected chi connectivity index (χ4v) is 1.77. The Balaban J connectivity index is 2.75. The molecular weight excluding hydrogens is 273 g/mol. The van der Waals surface area contributed by atoms with E-state index >= 15 is 0 Å². The molecule has 0 aliphatic rings. The molecule has 0 unspecified atom stereocenters. The Bertz CT molecular complexity index is 444. The number of alkyl halides is 3. The van der Waals surface area contributed by atoms with Crippen LogP contribution in [0.1, 0.15) is 5.56 Å². The van der Waals surface area contributed by atoms with Crippen molar-refractivity contribution < 1.29 is 23.1 Å². The van der Waals surface area contributed by atoms with E-state index in [1.807, 2.05) is 19.0 Å². The first-order valence-corrected chi connectivity index (χ1v) is 5.94. The van der Waals surface area contributed by atoms with Crippen LogP contribution in [0.25, 0.3) is 0 Å². The van der Waals surface area contributed by atoms with Crippen LogP contribution in [0.5, 0.6) is 0 Å².